The van der Waals surface area contributed by atoms with Gasteiger partial charge < -0.3 is 4.74 Å². The first kappa shape index (κ1) is 16.4. The third kappa shape index (κ3) is 6.91. The van der Waals surface area contributed by atoms with E-state index in [1.54, 1.807) is 0 Å². The molecule has 0 heterocycles. The van der Waals surface area contributed by atoms with Gasteiger partial charge in [-0.25, -0.2) is 0 Å². The number of benzene rings is 1. The van der Waals surface area contributed by atoms with Crippen molar-refractivity contribution in [2.75, 3.05) is 12.4 Å². The molecule has 0 N–H and O–H groups in total. The number of unbranched alkanes of at least 4 members (excludes halogenated alkanes) is 1. The second-order valence-corrected chi connectivity index (χ2v) is 7.93. The van der Waals surface area contributed by atoms with Gasteiger partial charge in [-0.3, -0.25) is 0 Å². The van der Waals surface area contributed by atoms with Crippen molar-refractivity contribution in [3.8, 4) is 5.75 Å². The zero-order valence-corrected chi connectivity index (χ0v) is 13.8. The number of hydrogen-bond donors (Lipinski definition) is 0. The normalized spacial score (nSPS) is 11.9. The maximum absolute atomic E-state index is 5.77. The lowest BCUT2D eigenvalue weighted by atomic mass is 9.87. The number of rotatable bonds is 7. The predicted molar refractivity (Wildman–Crippen MR) is 87.5 cm³/mol. The third-order valence-corrected chi connectivity index (χ3v) is 4.17. The van der Waals surface area contributed by atoms with Gasteiger partial charge in [0.2, 0.25) is 0 Å². The summed E-state index contributed by atoms with van der Waals surface area (Å²) in [6, 6.07) is 8.51. The van der Waals surface area contributed by atoms with Gasteiger partial charge in [0.05, 0.1) is 6.61 Å². The molecule has 0 saturated heterocycles. The van der Waals surface area contributed by atoms with E-state index in [1.165, 1.54) is 17.7 Å². The summed E-state index contributed by atoms with van der Waals surface area (Å²) < 4.78 is 5.77. The van der Waals surface area contributed by atoms with Gasteiger partial charge in [0.25, 0.3) is 0 Å². The van der Waals surface area contributed by atoms with Crippen molar-refractivity contribution in [3.05, 3.63) is 29.8 Å². The molecule has 0 aromatic heterocycles. The Kier molecular flexibility index (Phi) is 6.78. The lowest BCUT2D eigenvalue weighted by Gasteiger charge is -2.19. The van der Waals surface area contributed by atoms with Crippen molar-refractivity contribution in [1.82, 2.24) is 0 Å². The summed E-state index contributed by atoms with van der Waals surface area (Å²) in [7, 11) is 0. The molecular weight excluding hydrogens is 252 g/mol. The fourth-order valence-corrected chi connectivity index (χ4v) is 2.61. The number of thioether (sulfide) groups is 1. The quantitative estimate of drug-likeness (QED) is 0.628. The highest BCUT2D eigenvalue weighted by molar-refractivity contribution is 7.99. The van der Waals surface area contributed by atoms with E-state index in [0.717, 1.165) is 24.0 Å². The summed E-state index contributed by atoms with van der Waals surface area (Å²) in [6.45, 7) is 12.0. The van der Waals surface area contributed by atoms with Crippen LogP contribution in [0.15, 0.2) is 24.3 Å². The Morgan fingerprint density at radius 3 is 2.21 bits per heavy atom. The lowest BCUT2D eigenvalue weighted by Crippen LogP contribution is -2.10. The smallest absolute Gasteiger partial charge is 0.119 e. The molecule has 0 aliphatic heterocycles. The molecule has 0 amide bonds. The van der Waals surface area contributed by atoms with Gasteiger partial charge in [0.1, 0.15) is 5.75 Å². The van der Waals surface area contributed by atoms with Gasteiger partial charge >= 0.3 is 0 Å². The molecule has 19 heavy (non-hydrogen) atoms. The van der Waals surface area contributed by atoms with Crippen LogP contribution in [0.1, 0.15) is 53.0 Å². The van der Waals surface area contributed by atoms with Crippen LogP contribution in [0.4, 0.5) is 0 Å². The van der Waals surface area contributed by atoms with Crippen LogP contribution in [-0.2, 0) is 5.41 Å². The Morgan fingerprint density at radius 1 is 1.05 bits per heavy atom. The Bertz CT molecular complexity index is 349. The molecule has 0 atom stereocenters. The molecule has 0 aliphatic carbocycles. The summed E-state index contributed by atoms with van der Waals surface area (Å²) >= 11 is 2.03. The van der Waals surface area contributed by atoms with Crippen molar-refractivity contribution in [2.45, 2.75) is 58.1 Å². The van der Waals surface area contributed by atoms with E-state index in [2.05, 4.69) is 58.9 Å². The molecule has 1 aromatic carbocycles. The van der Waals surface area contributed by atoms with Gasteiger partial charge in [-0.1, -0.05) is 46.8 Å². The van der Waals surface area contributed by atoms with Gasteiger partial charge in [-0.05, 0) is 47.0 Å². The number of ether oxygens (including phenoxy) is 1. The maximum Gasteiger partial charge on any atom is 0.119 e. The molecule has 1 nitrogen and oxygen atoms in total. The third-order valence-electron chi connectivity index (χ3n) is 2.98. The van der Waals surface area contributed by atoms with Crippen molar-refractivity contribution in [2.24, 2.45) is 0 Å². The highest BCUT2D eigenvalue weighted by Crippen LogP contribution is 2.24. The van der Waals surface area contributed by atoms with Gasteiger partial charge in [-0.2, -0.15) is 11.8 Å². The lowest BCUT2D eigenvalue weighted by molar-refractivity contribution is 0.309. The maximum atomic E-state index is 5.77. The molecule has 0 radical (unpaired) electrons. The first-order chi connectivity index (χ1) is 8.89. The monoisotopic (exact) mass is 280 g/mol. The minimum Gasteiger partial charge on any atom is -0.494 e. The highest BCUT2D eigenvalue weighted by Gasteiger charge is 2.12. The van der Waals surface area contributed by atoms with E-state index >= 15 is 0 Å². The molecule has 108 valence electrons. The van der Waals surface area contributed by atoms with Crippen LogP contribution in [-0.4, -0.2) is 17.6 Å². The summed E-state index contributed by atoms with van der Waals surface area (Å²) in [4.78, 5) is 0. The van der Waals surface area contributed by atoms with Crippen LogP contribution >= 0.6 is 11.8 Å². The van der Waals surface area contributed by atoms with Gasteiger partial charge in [0.15, 0.2) is 0 Å². The first-order valence-corrected chi connectivity index (χ1v) is 8.29. The summed E-state index contributed by atoms with van der Waals surface area (Å²) in [5.41, 5.74) is 1.57. The number of hydrogen-bond acceptors (Lipinski definition) is 2. The predicted octanol–water partition coefficient (Wildman–Crippen LogP) is 5.28. The minimum absolute atomic E-state index is 0.215. The fourth-order valence-electron chi connectivity index (χ4n) is 1.76. The van der Waals surface area contributed by atoms with E-state index in [9.17, 15) is 0 Å². The topological polar surface area (TPSA) is 9.23 Å². The molecule has 1 aromatic rings. The van der Waals surface area contributed by atoms with Crippen LogP contribution < -0.4 is 4.74 Å². The van der Waals surface area contributed by atoms with Crippen LogP contribution in [0.2, 0.25) is 0 Å². The van der Waals surface area contributed by atoms with E-state index in [4.69, 9.17) is 4.74 Å². The molecule has 0 aliphatic rings. The van der Waals surface area contributed by atoms with Crippen molar-refractivity contribution < 1.29 is 4.74 Å². The van der Waals surface area contributed by atoms with Crippen molar-refractivity contribution in [3.63, 3.8) is 0 Å². The van der Waals surface area contributed by atoms with Crippen LogP contribution in [0.5, 0.6) is 5.75 Å². The van der Waals surface area contributed by atoms with E-state index < -0.39 is 0 Å². The fraction of sp³-hybridized carbons (Fsp3) is 0.647. The molecule has 0 saturated carbocycles. The van der Waals surface area contributed by atoms with Crippen LogP contribution in [0.25, 0.3) is 0 Å². The molecule has 2 heteroatoms. The zero-order valence-electron chi connectivity index (χ0n) is 13.0. The van der Waals surface area contributed by atoms with Gasteiger partial charge in [0, 0.05) is 0 Å². The largest absolute Gasteiger partial charge is 0.494 e. The Balaban J connectivity index is 2.23. The Hall–Kier alpha value is -0.630. The molecule has 0 spiro atoms. The summed E-state index contributed by atoms with van der Waals surface area (Å²) in [6.07, 6.45) is 2.38. The SMILES string of the molecule is CC(C)SCCCCOc1ccc(C(C)(C)C)cc1. The van der Waals surface area contributed by atoms with Crippen LogP contribution in [0.3, 0.4) is 0 Å². The van der Waals surface area contributed by atoms with E-state index in [1.807, 2.05) is 11.8 Å². The van der Waals surface area contributed by atoms with E-state index in [0.29, 0.717) is 0 Å². The summed E-state index contributed by atoms with van der Waals surface area (Å²) in [5.74, 6) is 2.23. The molecule has 1 rings (SSSR count). The standard InChI is InChI=1S/C17H28OS/c1-14(2)19-13-7-6-12-18-16-10-8-15(9-11-16)17(3,4)5/h8-11,14H,6-7,12-13H2,1-5H3. The van der Waals surface area contributed by atoms with E-state index in [-0.39, 0.29) is 5.41 Å². The van der Waals surface area contributed by atoms with Gasteiger partial charge in [-0.15, -0.1) is 0 Å². The minimum atomic E-state index is 0.215. The van der Waals surface area contributed by atoms with Crippen molar-refractivity contribution >= 4 is 11.8 Å². The second-order valence-electron chi connectivity index (χ2n) is 6.25. The molecule has 0 bridgehead atoms. The molecule has 0 fully saturated rings. The van der Waals surface area contributed by atoms with Crippen LogP contribution in [0, 0.1) is 0 Å². The zero-order chi connectivity index (χ0) is 14.3. The second kappa shape index (κ2) is 7.84. The summed E-state index contributed by atoms with van der Waals surface area (Å²) in [5, 5.41) is 0.742. The highest BCUT2D eigenvalue weighted by atomic mass is 32.2. The Morgan fingerprint density at radius 2 is 1.68 bits per heavy atom. The average molecular weight is 280 g/mol. The van der Waals surface area contributed by atoms with Crippen molar-refractivity contribution in [1.29, 1.82) is 0 Å². The molecular formula is C17H28OS. The first-order valence-electron chi connectivity index (χ1n) is 7.24. The Labute approximate surface area is 123 Å². The molecule has 0 unspecified atom stereocenters. The average Bonchev–Trinajstić information content (AvgIpc) is 2.32.